The van der Waals surface area contributed by atoms with Crippen molar-refractivity contribution in [1.82, 2.24) is 9.97 Å². The van der Waals surface area contributed by atoms with Gasteiger partial charge in [-0.25, -0.2) is 4.98 Å². The van der Waals surface area contributed by atoms with Crippen molar-refractivity contribution in [2.75, 3.05) is 0 Å². The van der Waals surface area contributed by atoms with Crippen molar-refractivity contribution in [2.24, 2.45) is 0 Å². The summed E-state index contributed by atoms with van der Waals surface area (Å²) in [7, 11) is 0. The maximum absolute atomic E-state index is 11.8. The number of nitrogens with zero attached hydrogens (tertiary/aromatic N) is 1. The summed E-state index contributed by atoms with van der Waals surface area (Å²) in [5.74, 6) is -0.697. The first kappa shape index (κ1) is 14.5. The molecule has 104 valence electrons. The van der Waals surface area contributed by atoms with Crippen LogP contribution in [0.15, 0.2) is 15.6 Å². The quantitative estimate of drug-likeness (QED) is 0.909. The van der Waals surface area contributed by atoms with Gasteiger partial charge in [-0.15, -0.1) is 0 Å². The van der Waals surface area contributed by atoms with Crippen LogP contribution in [0.2, 0.25) is 5.02 Å². The second-order valence-corrected chi connectivity index (χ2v) is 5.24. The van der Waals surface area contributed by atoms with Crippen molar-refractivity contribution in [2.45, 2.75) is 13.3 Å². The van der Waals surface area contributed by atoms with E-state index in [9.17, 15) is 9.59 Å². The number of hydrogen-bond donors (Lipinski definition) is 2. The predicted octanol–water partition coefficient (Wildman–Crippen LogP) is 2.59. The van der Waals surface area contributed by atoms with Crippen LogP contribution in [0.1, 0.15) is 22.6 Å². The molecule has 0 amide bonds. The number of carbonyl (C=O) groups is 1. The highest BCUT2D eigenvalue weighted by molar-refractivity contribution is 7.08. The molecule has 5 nitrogen and oxygen atoms in total. The van der Waals surface area contributed by atoms with E-state index in [0.717, 1.165) is 5.56 Å². The molecule has 0 saturated heterocycles. The summed E-state index contributed by atoms with van der Waals surface area (Å²) in [6, 6.07) is 0. The number of hydrogen-bond acceptors (Lipinski definition) is 4. The van der Waals surface area contributed by atoms with E-state index in [1.165, 1.54) is 11.3 Å². The zero-order valence-corrected chi connectivity index (χ0v) is 12.1. The molecule has 0 aliphatic heterocycles. The minimum atomic E-state index is -1.06. The van der Waals surface area contributed by atoms with Gasteiger partial charge in [0.2, 0.25) is 0 Å². The van der Waals surface area contributed by atoms with E-state index >= 15 is 0 Å². The third-order valence-corrected chi connectivity index (χ3v) is 3.85. The number of halogens is 1. The Hall–Kier alpha value is -1.92. The number of aliphatic carboxylic acids is 1. The lowest BCUT2D eigenvalue weighted by Gasteiger charge is -2.02. The first-order valence-electron chi connectivity index (χ1n) is 5.68. The Morgan fingerprint density at radius 3 is 2.80 bits per heavy atom. The zero-order valence-electron chi connectivity index (χ0n) is 10.5. The molecule has 0 saturated carbocycles. The summed E-state index contributed by atoms with van der Waals surface area (Å²) >= 11 is 7.43. The van der Waals surface area contributed by atoms with Gasteiger partial charge in [0, 0.05) is 22.2 Å². The van der Waals surface area contributed by atoms with Crippen molar-refractivity contribution in [3.8, 4) is 0 Å². The van der Waals surface area contributed by atoms with Gasteiger partial charge < -0.3 is 10.1 Å². The van der Waals surface area contributed by atoms with Crippen LogP contribution in [0.3, 0.4) is 0 Å². The third-order valence-electron chi connectivity index (χ3n) is 2.63. The van der Waals surface area contributed by atoms with Gasteiger partial charge in [0.1, 0.15) is 5.82 Å². The number of carboxylic acid groups (broad SMARTS) is 1. The lowest BCUT2D eigenvalue weighted by Crippen LogP contribution is -2.20. The molecule has 2 aromatic rings. The van der Waals surface area contributed by atoms with Crippen LogP contribution < -0.4 is 5.56 Å². The van der Waals surface area contributed by atoms with Gasteiger partial charge in [-0.2, -0.15) is 11.3 Å². The number of rotatable bonds is 4. The lowest BCUT2D eigenvalue weighted by atomic mass is 10.1. The van der Waals surface area contributed by atoms with E-state index in [4.69, 9.17) is 16.7 Å². The topological polar surface area (TPSA) is 83.0 Å². The molecule has 20 heavy (non-hydrogen) atoms. The number of aryl methyl sites for hydroxylation is 1. The van der Waals surface area contributed by atoms with E-state index in [2.05, 4.69) is 9.97 Å². The molecule has 2 N–H and O–H groups in total. The molecule has 2 rings (SSSR count). The first-order valence-corrected chi connectivity index (χ1v) is 7.01. The molecular formula is C13H11ClN2O3S. The minimum absolute atomic E-state index is 0.170. The molecule has 2 heterocycles. The summed E-state index contributed by atoms with van der Waals surface area (Å²) in [6.07, 6.45) is 3.04. The predicted molar refractivity (Wildman–Crippen MR) is 79.2 cm³/mol. The Morgan fingerprint density at radius 1 is 1.50 bits per heavy atom. The van der Waals surface area contributed by atoms with E-state index in [1.54, 1.807) is 24.5 Å². The molecule has 0 fully saturated rings. The van der Waals surface area contributed by atoms with Gasteiger partial charge in [-0.1, -0.05) is 11.6 Å². The van der Waals surface area contributed by atoms with Gasteiger partial charge in [-0.3, -0.25) is 9.59 Å². The molecule has 0 unspecified atom stereocenters. The van der Waals surface area contributed by atoms with Crippen LogP contribution in [-0.2, 0) is 11.2 Å². The van der Waals surface area contributed by atoms with Gasteiger partial charge in [0.05, 0.1) is 11.4 Å². The van der Waals surface area contributed by atoms with Crippen molar-refractivity contribution >= 4 is 41.1 Å². The zero-order chi connectivity index (χ0) is 14.7. The first-order chi connectivity index (χ1) is 9.47. The summed E-state index contributed by atoms with van der Waals surface area (Å²) < 4.78 is 0. The van der Waals surface area contributed by atoms with E-state index in [0.29, 0.717) is 16.5 Å². The molecule has 0 bridgehead atoms. The summed E-state index contributed by atoms with van der Waals surface area (Å²) in [6.45, 7) is 1.61. The molecule has 0 aliphatic rings. The lowest BCUT2D eigenvalue weighted by molar-refractivity contribution is -0.136. The van der Waals surface area contributed by atoms with Crippen molar-refractivity contribution < 1.29 is 9.90 Å². The Kier molecular flexibility index (Phi) is 4.36. The fourth-order valence-corrected chi connectivity index (χ4v) is 2.66. The maximum Gasteiger partial charge on any atom is 0.308 e. The SMILES string of the molecule is Cc1nc(/C=C/c2cscc2Cl)[nH]c(=O)c1CC(=O)O. The van der Waals surface area contributed by atoms with Crippen molar-refractivity contribution in [3.63, 3.8) is 0 Å². The molecular weight excluding hydrogens is 300 g/mol. The second-order valence-electron chi connectivity index (χ2n) is 4.09. The largest absolute Gasteiger partial charge is 0.481 e. The van der Waals surface area contributed by atoms with Crippen LogP contribution in [0.5, 0.6) is 0 Å². The average molecular weight is 311 g/mol. The average Bonchev–Trinajstić information content (AvgIpc) is 2.77. The number of aromatic nitrogens is 2. The van der Waals surface area contributed by atoms with Gasteiger partial charge in [0.15, 0.2) is 0 Å². The van der Waals surface area contributed by atoms with Gasteiger partial charge in [-0.05, 0) is 24.5 Å². The Balaban J connectivity index is 2.31. The number of carboxylic acids is 1. The molecule has 2 aromatic heterocycles. The fourth-order valence-electron chi connectivity index (χ4n) is 1.65. The molecule has 0 aliphatic carbocycles. The van der Waals surface area contributed by atoms with Crippen LogP contribution in [0.25, 0.3) is 12.2 Å². The highest BCUT2D eigenvalue weighted by Gasteiger charge is 2.10. The Labute approximate surface area is 123 Å². The summed E-state index contributed by atoms with van der Waals surface area (Å²) in [5.41, 5.74) is 0.984. The standard InChI is InChI=1S/C13H11ClN2O3S/c1-7-9(4-12(17)18)13(19)16-11(15-7)3-2-8-5-20-6-10(8)14/h2-3,5-6H,4H2,1H3,(H,17,18)(H,15,16,19)/b3-2+. The third kappa shape index (κ3) is 3.34. The smallest absolute Gasteiger partial charge is 0.308 e. The highest BCUT2D eigenvalue weighted by Crippen LogP contribution is 2.22. The monoisotopic (exact) mass is 310 g/mol. The summed E-state index contributed by atoms with van der Waals surface area (Å²) in [5, 5.41) is 13.0. The van der Waals surface area contributed by atoms with Gasteiger partial charge >= 0.3 is 5.97 Å². The summed E-state index contributed by atoms with van der Waals surface area (Å²) in [4.78, 5) is 29.2. The molecule has 0 aromatic carbocycles. The van der Waals surface area contributed by atoms with Crippen LogP contribution in [0, 0.1) is 6.92 Å². The van der Waals surface area contributed by atoms with E-state index < -0.39 is 11.5 Å². The number of nitrogens with one attached hydrogen (secondary N) is 1. The Bertz CT molecular complexity index is 733. The molecule has 0 spiro atoms. The molecule has 7 heteroatoms. The van der Waals surface area contributed by atoms with Crippen LogP contribution in [-0.4, -0.2) is 21.0 Å². The normalized spacial score (nSPS) is 11.1. The van der Waals surface area contributed by atoms with Crippen LogP contribution in [0.4, 0.5) is 0 Å². The highest BCUT2D eigenvalue weighted by atomic mass is 35.5. The van der Waals surface area contributed by atoms with Gasteiger partial charge in [0.25, 0.3) is 5.56 Å². The minimum Gasteiger partial charge on any atom is -0.481 e. The van der Waals surface area contributed by atoms with Crippen LogP contribution >= 0.6 is 22.9 Å². The number of H-pyrrole nitrogens is 1. The van der Waals surface area contributed by atoms with E-state index in [-0.39, 0.29) is 12.0 Å². The Morgan fingerprint density at radius 2 is 2.25 bits per heavy atom. The van der Waals surface area contributed by atoms with Crippen molar-refractivity contribution in [1.29, 1.82) is 0 Å². The van der Waals surface area contributed by atoms with E-state index in [1.807, 2.05) is 5.38 Å². The molecule has 0 radical (unpaired) electrons. The fraction of sp³-hybridized carbons (Fsp3) is 0.154. The van der Waals surface area contributed by atoms with Crippen molar-refractivity contribution in [3.05, 3.63) is 48.8 Å². The second kappa shape index (κ2) is 6.02. The maximum atomic E-state index is 11.8. The number of aromatic amines is 1. The molecule has 0 atom stereocenters. The number of thiophene rings is 1.